The highest BCUT2D eigenvalue weighted by Gasteiger charge is 2.25. The second-order valence-corrected chi connectivity index (χ2v) is 5.68. The van der Waals surface area contributed by atoms with Crippen LogP contribution in [0.15, 0.2) is 24.3 Å². The number of nitrogens with one attached hydrogen (secondary N) is 1. The summed E-state index contributed by atoms with van der Waals surface area (Å²) in [6, 6.07) is 5.68. The van der Waals surface area contributed by atoms with Crippen molar-refractivity contribution in [1.82, 2.24) is 5.32 Å². The van der Waals surface area contributed by atoms with E-state index in [9.17, 15) is 14.9 Å². The Bertz CT molecular complexity index is 914. The van der Waals surface area contributed by atoms with Crippen molar-refractivity contribution in [3.63, 3.8) is 0 Å². The molecule has 29 heavy (non-hydrogen) atoms. The van der Waals surface area contributed by atoms with E-state index in [1.54, 1.807) is 12.1 Å². The van der Waals surface area contributed by atoms with Crippen molar-refractivity contribution >= 4 is 11.6 Å². The number of amides is 1. The van der Waals surface area contributed by atoms with Gasteiger partial charge in [0.15, 0.2) is 23.0 Å². The molecular formula is C19H22N2O8. The Morgan fingerprint density at radius 1 is 0.828 bits per heavy atom. The summed E-state index contributed by atoms with van der Waals surface area (Å²) in [5, 5.41) is 14.0. The van der Waals surface area contributed by atoms with E-state index in [-0.39, 0.29) is 23.6 Å². The molecule has 0 unspecified atom stereocenters. The summed E-state index contributed by atoms with van der Waals surface area (Å²) in [5.74, 6) is 1.08. The van der Waals surface area contributed by atoms with Crippen LogP contribution in [0.4, 0.5) is 5.69 Å². The number of benzene rings is 2. The summed E-state index contributed by atoms with van der Waals surface area (Å²) < 4.78 is 26.0. The van der Waals surface area contributed by atoms with Gasteiger partial charge in [0.05, 0.1) is 46.5 Å². The molecule has 1 amide bonds. The van der Waals surface area contributed by atoms with Crippen LogP contribution in [0.5, 0.6) is 28.7 Å². The first-order valence-corrected chi connectivity index (χ1v) is 8.37. The summed E-state index contributed by atoms with van der Waals surface area (Å²) in [6.07, 6.45) is 0. The Kier molecular flexibility index (Phi) is 7.07. The average Bonchev–Trinajstić information content (AvgIpc) is 2.75. The molecule has 2 aromatic carbocycles. The standard InChI is InChI=1S/C19H22N2O8/c1-25-14-9-18(29-5)15(26-2)6-11(14)10-20-19(22)12-7-16(27-3)17(28-4)8-13(12)21(23)24/h6-9H,10H2,1-5H3,(H,20,22). The zero-order valence-electron chi connectivity index (χ0n) is 16.7. The van der Waals surface area contributed by atoms with Gasteiger partial charge in [0.2, 0.25) is 0 Å². The van der Waals surface area contributed by atoms with Crippen LogP contribution in [0.3, 0.4) is 0 Å². The van der Waals surface area contributed by atoms with E-state index in [0.29, 0.717) is 22.8 Å². The van der Waals surface area contributed by atoms with Crippen molar-refractivity contribution in [3.05, 3.63) is 45.5 Å². The number of rotatable bonds is 9. The van der Waals surface area contributed by atoms with Crippen LogP contribution in [0, 0.1) is 10.1 Å². The molecule has 0 aliphatic carbocycles. The third-order valence-corrected chi connectivity index (χ3v) is 4.17. The quantitative estimate of drug-likeness (QED) is 0.499. The summed E-state index contributed by atoms with van der Waals surface area (Å²) in [7, 11) is 7.19. The van der Waals surface area contributed by atoms with Crippen LogP contribution in [0.2, 0.25) is 0 Å². The zero-order valence-corrected chi connectivity index (χ0v) is 16.7. The number of ether oxygens (including phenoxy) is 5. The van der Waals surface area contributed by atoms with Crippen LogP contribution in [0.1, 0.15) is 15.9 Å². The van der Waals surface area contributed by atoms with Crippen LogP contribution < -0.4 is 29.0 Å². The molecule has 10 nitrogen and oxygen atoms in total. The smallest absolute Gasteiger partial charge is 0.286 e. The molecule has 156 valence electrons. The molecule has 0 atom stereocenters. The lowest BCUT2D eigenvalue weighted by Crippen LogP contribution is -2.24. The molecule has 0 bridgehead atoms. The second kappa shape index (κ2) is 9.49. The van der Waals surface area contributed by atoms with Crippen molar-refractivity contribution in [1.29, 1.82) is 0 Å². The van der Waals surface area contributed by atoms with Crippen molar-refractivity contribution in [2.24, 2.45) is 0 Å². The number of methoxy groups -OCH3 is 5. The molecule has 2 rings (SSSR count). The normalized spacial score (nSPS) is 10.1. The summed E-state index contributed by atoms with van der Waals surface area (Å²) in [4.78, 5) is 23.4. The first-order valence-electron chi connectivity index (χ1n) is 8.37. The number of carbonyl (C=O) groups excluding carboxylic acids is 1. The molecule has 1 N–H and O–H groups in total. The van der Waals surface area contributed by atoms with Crippen LogP contribution in [-0.2, 0) is 6.54 Å². The van der Waals surface area contributed by atoms with Crippen LogP contribution in [0.25, 0.3) is 0 Å². The maximum atomic E-state index is 12.7. The fourth-order valence-corrected chi connectivity index (χ4v) is 2.70. The highest BCUT2D eigenvalue weighted by atomic mass is 16.6. The highest BCUT2D eigenvalue weighted by molar-refractivity contribution is 5.99. The summed E-state index contributed by atoms with van der Waals surface area (Å²) in [6.45, 7) is 0.0356. The lowest BCUT2D eigenvalue weighted by atomic mass is 10.1. The lowest BCUT2D eigenvalue weighted by Gasteiger charge is -2.15. The molecule has 0 spiro atoms. The predicted molar refractivity (Wildman–Crippen MR) is 103 cm³/mol. The summed E-state index contributed by atoms with van der Waals surface area (Å²) >= 11 is 0. The fourth-order valence-electron chi connectivity index (χ4n) is 2.70. The Hall–Kier alpha value is -3.69. The minimum atomic E-state index is -0.659. The van der Waals surface area contributed by atoms with E-state index in [0.717, 1.165) is 6.07 Å². The van der Waals surface area contributed by atoms with E-state index in [2.05, 4.69) is 5.32 Å². The van der Waals surface area contributed by atoms with Gasteiger partial charge in [0.25, 0.3) is 11.6 Å². The molecule has 0 aromatic heterocycles. The molecule has 0 saturated carbocycles. The molecule has 0 fully saturated rings. The van der Waals surface area contributed by atoms with Crippen LogP contribution >= 0.6 is 0 Å². The maximum Gasteiger partial charge on any atom is 0.286 e. The Morgan fingerprint density at radius 3 is 1.83 bits per heavy atom. The van der Waals surface area contributed by atoms with Crippen molar-refractivity contribution in [2.45, 2.75) is 6.54 Å². The van der Waals surface area contributed by atoms with Gasteiger partial charge in [-0.25, -0.2) is 0 Å². The predicted octanol–water partition coefficient (Wildman–Crippen LogP) is 2.57. The number of hydrogen-bond donors (Lipinski definition) is 1. The number of hydrogen-bond acceptors (Lipinski definition) is 8. The van der Waals surface area contributed by atoms with E-state index < -0.39 is 16.5 Å². The molecule has 0 saturated heterocycles. The van der Waals surface area contributed by atoms with E-state index in [4.69, 9.17) is 23.7 Å². The SMILES string of the molecule is COc1cc(OC)c(OC)cc1CNC(=O)c1cc(OC)c(OC)cc1[N+](=O)[O-]. The van der Waals surface area contributed by atoms with Crippen molar-refractivity contribution in [2.75, 3.05) is 35.5 Å². The van der Waals surface area contributed by atoms with Crippen molar-refractivity contribution in [3.8, 4) is 28.7 Å². The number of nitro groups is 1. The average molecular weight is 406 g/mol. The van der Waals surface area contributed by atoms with Gasteiger partial charge in [-0.1, -0.05) is 0 Å². The second-order valence-electron chi connectivity index (χ2n) is 5.68. The monoisotopic (exact) mass is 406 g/mol. The topological polar surface area (TPSA) is 118 Å². The van der Waals surface area contributed by atoms with E-state index >= 15 is 0 Å². The number of nitrogens with zero attached hydrogens (tertiary/aromatic N) is 1. The summed E-state index contributed by atoms with van der Waals surface area (Å²) in [5.41, 5.74) is 0.0353. The molecule has 0 heterocycles. The first kappa shape index (κ1) is 21.6. The van der Waals surface area contributed by atoms with Gasteiger partial charge < -0.3 is 29.0 Å². The third-order valence-electron chi connectivity index (χ3n) is 4.17. The van der Waals surface area contributed by atoms with Gasteiger partial charge in [-0.15, -0.1) is 0 Å². The van der Waals surface area contributed by atoms with Crippen molar-refractivity contribution < 1.29 is 33.4 Å². The lowest BCUT2D eigenvalue weighted by molar-refractivity contribution is -0.385. The molecule has 2 aromatic rings. The van der Waals surface area contributed by atoms with Gasteiger partial charge >= 0.3 is 0 Å². The molecule has 0 aliphatic rings. The Morgan fingerprint density at radius 2 is 1.31 bits per heavy atom. The minimum Gasteiger partial charge on any atom is -0.496 e. The van der Waals surface area contributed by atoms with Gasteiger partial charge in [0.1, 0.15) is 11.3 Å². The Labute approximate surface area is 167 Å². The molecule has 10 heteroatoms. The van der Waals surface area contributed by atoms with E-state index in [1.807, 2.05) is 0 Å². The van der Waals surface area contributed by atoms with Gasteiger partial charge in [-0.3, -0.25) is 14.9 Å². The highest BCUT2D eigenvalue weighted by Crippen LogP contribution is 2.36. The van der Waals surface area contributed by atoms with Gasteiger partial charge in [-0.2, -0.15) is 0 Å². The molecule has 0 aliphatic heterocycles. The fraction of sp³-hybridized carbons (Fsp3) is 0.316. The first-order chi connectivity index (χ1) is 13.9. The number of nitro benzene ring substituents is 1. The van der Waals surface area contributed by atoms with E-state index in [1.165, 1.54) is 41.6 Å². The third kappa shape index (κ3) is 4.60. The maximum absolute atomic E-state index is 12.7. The minimum absolute atomic E-state index is 0.0356. The Balaban J connectivity index is 2.35. The molecule has 0 radical (unpaired) electrons. The van der Waals surface area contributed by atoms with Crippen LogP contribution in [-0.4, -0.2) is 46.4 Å². The molecular weight excluding hydrogens is 384 g/mol. The van der Waals surface area contributed by atoms with Gasteiger partial charge in [0, 0.05) is 24.2 Å². The zero-order chi connectivity index (χ0) is 21.6. The largest absolute Gasteiger partial charge is 0.496 e. The van der Waals surface area contributed by atoms with Gasteiger partial charge in [-0.05, 0) is 6.07 Å². The number of carbonyl (C=O) groups is 1.